The molecule has 0 spiro atoms. The number of likely N-dealkylation sites (tertiary alicyclic amines) is 1. The molecule has 3 amide bonds. The van der Waals surface area contributed by atoms with Crippen LogP contribution in [0.5, 0.6) is 0 Å². The average Bonchev–Trinajstić information content (AvgIpc) is 3.04. The lowest BCUT2D eigenvalue weighted by molar-refractivity contribution is -0.129. The summed E-state index contributed by atoms with van der Waals surface area (Å²) >= 11 is 0. The van der Waals surface area contributed by atoms with Crippen LogP contribution in [0.25, 0.3) is 10.9 Å². The predicted molar refractivity (Wildman–Crippen MR) is 83.5 cm³/mol. The summed E-state index contributed by atoms with van der Waals surface area (Å²) < 4.78 is 0. The Kier molecular flexibility index (Phi) is 3.70. The van der Waals surface area contributed by atoms with Gasteiger partial charge in [0, 0.05) is 30.1 Å². The second kappa shape index (κ2) is 5.67. The zero-order chi connectivity index (χ0) is 15.7. The standard InChI is InChI=1S/C15H19N5O2/c1-9(2)20-8-12(6-14(20)21)18-15(22)17-11-4-3-10-7-16-19-13(10)5-11/h3-5,7,9,12H,6,8H2,1-2H3,(H,16,19)(H2,17,18,22). The van der Waals surface area contributed by atoms with Gasteiger partial charge in [-0.15, -0.1) is 0 Å². The minimum Gasteiger partial charge on any atom is -0.338 e. The number of fused-ring (bicyclic) bond motifs is 1. The van der Waals surface area contributed by atoms with Gasteiger partial charge in [0.15, 0.2) is 0 Å². The van der Waals surface area contributed by atoms with Crippen molar-refractivity contribution >= 4 is 28.5 Å². The fourth-order valence-corrected chi connectivity index (χ4v) is 2.69. The fourth-order valence-electron chi connectivity index (χ4n) is 2.69. The zero-order valence-corrected chi connectivity index (χ0v) is 12.6. The molecule has 1 fully saturated rings. The molecule has 2 aromatic rings. The topological polar surface area (TPSA) is 90.1 Å². The number of benzene rings is 1. The van der Waals surface area contributed by atoms with Crippen LogP contribution in [-0.4, -0.2) is 45.7 Å². The van der Waals surface area contributed by atoms with E-state index < -0.39 is 0 Å². The number of hydrogen-bond donors (Lipinski definition) is 3. The number of H-pyrrole nitrogens is 1. The molecule has 1 aliphatic heterocycles. The van der Waals surface area contributed by atoms with Gasteiger partial charge in [0.1, 0.15) is 0 Å². The molecule has 2 heterocycles. The lowest BCUT2D eigenvalue weighted by Gasteiger charge is -2.21. The van der Waals surface area contributed by atoms with Gasteiger partial charge in [-0.2, -0.15) is 5.10 Å². The van der Waals surface area contributed by atoms with Crippen LogP contribution in [0.4, 0.5) is 10.5 Å². The highest BCUT2D eigenvalue weighted by Gasteiger charge is 2.31. The van der Waals surface area contributed by atoms with E-state index in [9.17, 15) is 9.59 Å². The Hall–Kier alpha value is -2.57. The number of aromatic nitrogens is 2. The van der Waals surface area contributed by atoms with E-state index in [0.29, 0.717) is 18.7 Å². The second-order valence-corrected chi connectivity index (χ2v) is 5.81. The maximum atomic E-state index is 12.0. The van der Waals surface area contributed by atoms with Crippen molar-refractivity contribution in [2.24, 2.45) is 0 Å². The Morgan fingerprint density at radius 2 is 2.27 bits per heavy atom. The number of carbonyl (C=O) groups is 2. The van der Waals surface area contributed by atoms with Gasteiger partial charge in [0.25, 0.3) is 0 Å². The summed E-state index contributed by atoms with van der Waals surface area (Å²) in [6.07, 6.45) is 2.08. The molecule has 3 N–H and O–H groups in total. The highest BCUT2D eigenvalue weighted by molar-refractivity contribution is 5.93. The minimum absolute atomic E-state index is 0.0826. The van der Waals surface area contributed by atoms with Crippen molar-refractivity contribution < 1.29 is 9.59 Å². The average molecular weight is 301 g/mol. The molecule has 7 nitrogen and oxygen atoms in total. The summed E-state index contributed by atoms with van der Waals surface area (Å²) in [4.78, 5) is 25.7. The van der Waals surface area contributed by atoms with E-state index in [0.717, 1.165) is 10.9 Å². The molecule has 1 aromatic carbocycles. The van der Waals surface area contributed by atoms with E-state index in [1.165, 1.54) is 0 Å². The van der Waals surface area contributed by atoms with E-state index in [1.807, 2.05) is 32.0 Å². The van der Waals surface area contributed by atoms with Gasteiger partial charge in [-0.05, 0) is 32.0 Å². The van der Waals surface area contributed by atoms with Crippen molar-refractivity contribution in [1.29, 1.82) is 0 Å². The van der Waals surface area contributed by atoms with Crippen molar-refractivity contribution in [3.8, 4) is 0 Å². The van der Waals surface area contributed by atoms with E-state index >= 15 is 0 Å². The lowest BCUT2D eigenvalue weighted by atomic mass is 10.2. The number of hydrogen-bond acceptors (Lipinski definition) is 3. The third-order valence-electron chi connectivity index (χ3n) is 3.82. The van der Waals surface area contributed by atoms with Crippen LogP contribution >= 0.6 is 0 Å². The molecule has 1 unspecified atom stereocenters. The first-order chi connectivity index (χ1) is 10.5. The highest BCUT2D eigenvalue weighted by Crippen LogP contribution is 2.17. The quantitative estimate of drug-likeness (QED) is 0.806. The van der Waals surface area contributed by atoms with Crippen molar-refractivity contribution in [3.63, 3.8) is 0 Å². The highest BCUT2D eigenvalue weighted by atomic mass is 16.2. The lowest BCUT2D eigenvalue weighted by Crippen LogP contribution is -2.40. The summed E-state index contributed by atoms with van der Waals surface area (Å²) in [6.45, 7) is 4.50. The SMILES string of the molecule is CC(C)N1CC(NC(=O)Nc2ccc3cn[nH]c3c2)CC1=O. The molecule has 0 saturated carbocycles. The summed E-state index contributed by atoms with van der Waals surface area (Å²) in [7, 11) is 0. The van der Waals surface area contributed by atoms with Crippen LogP contribution in [0.3, 0.4) is 0 Å². The summed E-state index contributed by atoms with van der Waals surface area (Å²) in [5.74, 6) is 0.0826. The third-order valence-corrected chi connectivity index (χ3v) is 3.82. The van der Waals surface area contributed by atoms with Crippen molar-refractivity contribution in [3.05, 3.63) is 24.4 Å². The first kappa shape index (κ1) is 14.4. The molecule has 0 aliphatic carbocycles. The van der Waals surface area contributed by atoms with E-state index in [1.54, 1.807) is 11.1 Å². The van der Waals surface area contributed by atoms with E-state index in [4.69, 9.17) is 0 Å². The minimum atomic E-state index is -0.303. The van der Waals surface area contributed by atoms with E-state index in [-0.39, 0.29) is 24.0 Å². The fraction of sp³-hybridized carbons (Fsp3) is 0.400. The second-order valence-electron chi connectivity index (χ2n) is 5.81. The summed E-state index contributed by atoms with van der Waals surface area (Å²) in [5.41, 5.74) is 1.54. The molecule has 22 heavy (non-hydrogen) atoms. The first-order valence-corrected chi connectivity index (χ1v) is 7.33. The molecule has 1 aliphatic rings. The Balaban J connectivity index is 1.59. The molecule has 1 saturated heterocycles. The number of carbonyl (C=O) groups excluding carboxylic acids is 2. The number of urea groups is 1. The normalized spacial score (nSPS) is 18.2. The van der Waals surface area contributed by atoms with Crippen LogP contribution in [0.2, 0.25) is 0 Å². The number of amides is 3. The van der Waals surface area contributed by atoms with Gasteiger partial charge in [-0.25, -0.2) is 4.79 Å². The summed E-state index contributed by atoms with van der Waals surface area (Å²) in [5, 5.41) is 13.4. The monoisotopic (exact) mass is 301 g/mol. The molecule has 1 atom stereocenters. The molecular weight excluding hydrogens is 282 g/mol. The molecule has 1 aromatic heterocycles. The Morgan fingerprint density at radius 3 is 3.00 bits per heavy atom. The van der Waals surface area contributed by atoms with E-state index in [2.05, 4.69) is 20.8 Å². The molecule has 0 radical (unpaired) electrons. The molecular formula is C15H19N5O2. The number of anilines is 1. The number of rotatable bonds is 3. The van der Waals surface area contributed by atoms with Crippen molar-refractivity contribution in [2.75, 3.05) is 11.9 Å². The maximum Gasteiger partial charge on any atom is 0.319 e. The van der Waals surface area contributed by atoms with Crippen LogP contribution in [-0.2, 0) is 4.79 Å². The van der Waals surface area contributed by atoms with Gasteiger partial charge < -0.3 is 15.5 Å². The van der Waals surface area contributed by atoms with Gasteiger partial charge in [0.2, 0.25) is 5.91 Å². The predicted octanol–water partition coefficient (Wildman–Crippen LogP) is 1.69. The molecule has 3 rings (SSSR count). The summed E-state index contributed by atoms with van der Waals surface area (Å²) in [6, 6.07) is 5.23. The van der Waals surface area contributed by atoms with Crippen molar-refractivity contribution in [1.82, 2.24) is 20.4 Å². The first-order valence-electron chi connectivity index (χ1n) is 7.33. The van der Waals surface area contributed by atoms with Gasteiger partial charge in [0.05, 0.1) is 17.8 Å². The number of nitrogens with zero attached hydrogens (tertiary/aromatic N) is 2. The van der Waals surface area contributed by atoms with Crippen LogP contribution in [0.1, 0.15) is 20.3 Å². The smallest absolute Gasteiger partial charge is 0.319 e. The molecule has 0 bridgehead atoms. The zero-order valence-electron chi connectivity index (χ0n) is 12.6. The van der Waals surface area contributed by atoms with Gasteiger partial charge in [-0.1, -0.05) is 0 Å². The van der Waals surface area contributed by atoms with Crippen LogP contribution in [0.15, 0.2) is 24.4 Å². The van der Waals surface area contributed by atoms with Gasteiger partial charge in [-0.3, -0.25) is 9.89 Å². The van der Waals surface area contributed by atoms with Crippen molar-refractivity contribution in [2.45, 2.75) is 32.4 Å². The maximum absolute atomic E-state index is 12.0. The Morgan fingerprint density at radius 1 is 1.45 bits per heavy atom. The van der Waals surface area contributed by atoms with Crippen LogP contribution in [0, 0.1) is 0 Å². The number of aromatic amines is 1. The van der Waals surface area contributed by atoms with Gasteiger partial charge >= 0.3 is 6.03 Å². The largest absolute Gasteiger partial charge is 0.338 e. The third kappa shape index (κ3) is 2.88. The Bertz CT molecular complexity index is 709. The van der Waals surface area contributed by atoms with Crippen LogP contribution < -0.4 is 10.6 Å². The molecule has 116 valence electrons. The molecule has 7 heteroatoms. The Labute approximate surface area is 128 Å². The number of nitrogens with one attached hydrogen (secondary N) is 3.